The summed E-state index contributed by atoms with van der Waals surface area (Å²) in [5.74, 6) is 1.95. The number of carbonyl (C=O) groups is 1. The fraction of sp³-hybridized carbons (Fsp3) is 0.611. The van der Waals surface area contributed by atoms with Crippen LogP contribution in [-0.4, -0.2) is 41.2 Å². The van der Waals surface area contributed by atoms with Gasteiger partial charge in [-0.1, -0.05) is 19.1 Å². The number of hydrogen-bond acceptors (Lipinski definition) is 4. The standard InChI is InChI=1S/C18H26N2O2S/c1-14-6-9-20(10-7-14)16-4-2-15(3-5-16)12-19-17(21)18(22)8-11-23-13-18/h2-5,14,22H,6-13H2,1H3,(H,19,21). The van der Waals surface area contributed by atoms with Crippen LogP contribution in [0.25, 0.3) is 0 Å². The van der Waals surface area contributed by atoms with Gasteiger partial charge in [0, 0.05) is 31.1 Å². The summed E-state index contributed by atoms with van der Waals surface area (Å²) in [6, 6.07) is 8.41. The van der Waals surface area contributed by atoms with Crippen LogP contribution in [-0.2, 0) is 11.3 Å². The molecule has 2 heterocycles. The zero-order valence-corrected chi connectivity index (χ0v) is 14.6. The normalized spacial score (nSPS) is 25.6. The third kappa shape index (κ3) is 4.01. The van der Waals surface area contributed by atoms with Crippen molar-refractivity contribution in [1.29, 1.82) is 0 Å². The van der Waals surface area contributed by atoms with Gasteiger partial charge in [0.15, 0.2) is 5.60 Å². The van der Waals surface area contributed by atoms with E-state index in [0.29, 0.717) is 18.7 Å². The van der Waals surface area contributed by atoms with E-state index in [9.17, 15) is 9.90 Å². The molecule has 0 aliphatic carbocycles. The van der Waals surface area contributed by atoms with Crippen LogP contribution in [0, 0.1) is 5.92 Å². The van der Waals surface area contributed by atoms with Crippen LogP contribution in [0.3, 0.4) is 0 Å². The van der Waals surface area contributed by atoms with Crippen molar-refractivity contribution < 1.29 is 9.90 Å². The van der Waals surface area contributed by atoms with Gasteiger partial charge in [0.2, 0.25) is 0 Å². The number of benzene rings is 1. The molecule has 0 aromatic heterocycles. The Kier molecular flexibility index (Phi) is 5.17. The average molecular weight is 334 g/mol. The van der Waals surface area contributed by atoms with Gasteiger partial charge in [-0.3, -0.25) is 4.79 Å². The molecule has 0 spiro atoms. The first kappa shape index (κ1) is 16.7. The van der Waals surface area contributed by atoms with Crippen LogP contribution < -0.4 is 10.2 Å². The highest BCUT2D eigenvalue weighted by Gasteiger charge is 2.39. The number of aliphatic hydroxyl groups is 1. The molecule has 3 rings (SSSR count). The Morgan fingerprint density at radius 1 is 1.35 bits per heavy atom. The maximum absolute atomic E-state index is 12.1. The second-order valence-corrected chi connectivity index (χ2v) is 7.96. The van der Waals surface area contributed by atoms with Crippen molar-refractivity contribution >= 4 is 23.4 Å². The molecule has 2 N–H and O–H groups in total. The first-order chi connectivity index (χ1) is 11.1. The number of rotatable bonds is 4. The Morgan fingerprint density at radius 2 is 2.04 bits per heavy atom. The molecule has 1 aromatic carbocycles. The van der Waals surface area contributed by atoms with Gasteiger partial charge in [0.05, 0.1) is 0 Å². The summed E-state index contributed by atoms with van der Waals surface area (Å²) in [7, 11) is 0. The maximum Gasteiger partial charge on any atom is 0.253 e. The van der Waals surface area contributed by atoms with E-state index in [1.807, 2.05) is 0 Å². The molecule has 126 valence electrons. The van der Waals surface area contributed by atoms with Crippen LogP contribution in [0.4, 0.5) is 5.69 Å². The lowest BCUT2D eigenvalue weighted by Gasteiger charge is -2.32. The summed E-state index contributed by atoms with van der Waals surface area (Å²) in [6.07, 6.45) is 3.07. The molecule has 2 aliphatic rings. The van der Waals surface area contributed by atoms with E-state index < -0.39 is 5.60 Å². The molecular weight excluding hydrogens is 308 g/mol. The third-order valence-electron chi connectivity index (χ3n) is 4.96. The number of piperidine rings is 1. The number of carbonyl (C=O) groups excluding carboxylic acids is 1. The van der Waals surface area contributed by atoms with E-state index >= 15 is 0 Å². The van der Waals surface area contributed by atoms with Gasteiger partial charge >= 0.3 is 0 Å². The van der Waals surface area contributed by atoms with E-state index in [4.69, 9.17) is 0 Å². The predicted molar refractivity (Wildman–Crippen MR) is 95.8 cm³/mol. The lowest BCUT2D eigenvalue weighted by atomic mass is 9.98. The largest absolute Gasteiger partial charge is 0.379 e. The zero-order chi connectivity index (χ0) is 16.3. The number of nitrogens with zero attached hydrogens (tertiary/aromatic N) is 1. The monoisotopic (exact) mass is 334 g/mol. The van der Waals surface area contributed by atoms with Gasteiger partial charge in [-0.25, -0.2) is 0 Å². The summed E-state index contributed by atoms with van der Waals surface area (Å²) in [6.45, 7) is 5.05. The van der Waals surface area contributed by atoms with E-state index in [-0.39, 0.29) is 5.91 Å². The van der Waals surface area contributed by atoms with Gasteiger partial charge in [-0.05, 0) is 48.6 Å². The lowest BCUT2D eigenvalue weighted by Crippen LogP contribution is -2.46. The highest BCUT2D eigenvalue weighted by Crippen LogP contribution is 2.28. The van der Waals surface area contributed by atoms with Crippen molar-refractivity contribution in [3.63, 3.8) is 0 Å². The van der Waals surface area contributed by atoms with Gasteiger partial charge in [0.25, 0.3) is 5.91 Å². The number of hydrogen-bond donors (Lipinski definition) is 2. The minimum atomic E-state index is -1.17. The SMILES string of the molecule is CC1CCN(c2ccc(CNC(=O)C3(O)CCSC3)cc2)CC1. The Morgan fingerprint density at radius 3 is 2.65 bits per heavy atom. The van der Waals surface area contributed by atoms with E-state index in [1.54, 1.807) is 11.8 Å². The Balaban J connectivity index is 1.52. The predicted octanol–water partition coefficient (Wildman–Crippen LogP) is 2.41. The molecule has 23 heavy (non-hydrogen) atoms. The molecule has 2 fully saturated rings. The first-order valence-corrected chi connectivity index (χ1v) is 9.65. The van der Waals surface area contributed by atoms with Gasteiger partial charge in [0.1, 0.15) is 0 Å². The molecule has 1 aromatic rings. The Labute approximate surface area is 142 Å². The number of amides is 1. The summed E-state index contributed by atoms with van der Waals surface area (Å²) < 4.78 is 0. The van der Waals surface area contributed by atoms with E-state index in [0.717, 1.165) is 30.3 Å². The van der Waals surface area contributed by atoms with Crippen molar-refractivity contribution in [2.24, 2.45) is 5.92 Å². The number of thioether (sulfide) groups is 1. The first-order valence-electron chi connectivity index (χ1n) is 8.49. The van der Waals surface area contributed by atoms with Crippen molar-refractivity contribution in [2.75, 3.05) is 29.5 Å². The van der Waals surface area contributed by atoms with Crippen molar-refractivity contribution in [2.45, 2.75) is 38.3 Å². The molecule has 2 saturated heterocycles. The smallest absolute Gasteiger partial charge is 0.253 e. The van der Waals surface area contributed by atoms with Crippen LogP contribution in [0.2, 0.25) is 0 Å². The van der Waals surface area contributed by atoms with E-state index in [1.165, 1.54) is 18.5 Å². The van der Waals surface area contributed by atoms with E-state index in [2.05, 4.69) is 41.4 Å². The molecule has 1 unspecified atom stereocenters. The molecule has 0 bridgehead atoms. The average Bonchev–Trinajstić information content (AvgIpc) is 3.02. The van der Waals surface area contributed by atoms with Crippen LogP contribution in [0.5, 0.6) is 0 Å². The summed E-state index contributed by atoms with van der Waals surface area (Å²) in [4.78, 5) is 14.5. The fourth-order valence-corrected chi connectivity index (χ4v) is 4.41. The highest BCUT2D eigenvalue weighted by atomic mass is 32.2. The Hall–Kier alpha value is -1.20. The quantitative estimate of drug-likeness (QED) is 0.888. The molecule has 0 radical (unpaired) electrons. The maximum atomic E-state index is 12.1. The molecule has 1 amide bonds. The van der Waals surface area contributed by atoms with Gasteiger partial charge in [-0.2, -0.15) is 11.8 Å². The topological polar surface area (TPSA) is 52.6 Å². The van der Waals surface area contributed by atoms with Crippen molar-refractivity contribution in [3.05, 3.63) is 29.8 Å². The number of nitrogens with one attached hydrogen (secondary N) is 1. The number of anilines is 1. The Bertz CT molecular complexity index is 532. The molecule has 0 saturated carbocycles. The van der Waals surface area contributed by atoms with Crippen molar-refractivity contribution in [1.82, 2.24) is 5.32 Å². The summed E-state index contributed by atoms with van der Waals surface area (Å²) >= 11 is 1.63. The van der Waals surface area contributed by atoms with Crippen molar-refractivity contribution in [3.8, 4) is 0 Å². The van der Waals surface area contributed by atoms with Gasteiger partial charge in [-0.15, -0.1) is 0 Å². The molecule has 1 atom stereocenters. The third-order valence-corrected chi connectivity index (χ3v) is 6.14. The second kappa shape index (κ2) is 7.14. The molecular formula is C18H26N2O2S. The molecule has 5 heteroatoms. The van der Waals surface area contributed by atoms with Crippen LogP contribution >= 0.6 is 11.8 Å². The molecule has 2 aliphatic heterocycles. The second-order valence-electron chi connectivity index (χ2n) is 6.85. The summed E-state index contributed by atoms with van der Waals surface area (Å²) in [5.41, 5.74) is 1.16. The fourth-order valence-electron chi connectivity index (χ4n) is 3.17. The minimum absolute atomic E-state index is 0.239. The molecule has 4 nitrogen and oxygen atoms in total. The highest BCUT2D eigenvalue weighted by molar-refractivity contribution is 7.99. The summed E-state index contributed by atoms with van der Waals surface area (Å²) in [5, 5.41) is 13.1. The van der Waals surface area contributed by atoms with Crippen LogP contribution in [0.1, 0.15) is 31.7 Å². The zero-order valence-electron chi connectivity index (χ0n) is 13.8. The van der Waals surface area contributed by atoms with Gasteiger partial charge < -0.3 is 15.3 Å². The lowest BCUT2D eigenvalue weighted by molar-refractivity contribution is -0.137. The van der Waals surface area contributed by atoms with Crippen LogP contribution in [0.15, 0.2) is 24.3 Å². The minimum Gasteiger partial charge on any atom is -0.379 e.